The Kier molecular flexibility index (Phi) is 3.38. The van der Waals surface area contributed by atoms with E-state index in [-0.39, 0.29) is 17.0 Å². The van der Waals surface area contributed by atoms with Crippen LogP contribution in [0.2, 0.25) is 0 Å². The molecule has 2 aliphatic rings. The number of fused-ring (bicyclic) bond motifs is 1. The molecule has 1 saturated carbocycles. The molecule has 0 radical (unpaired) electrons. The Morgan fingerprint density at radius 2 is 1.67 bits per heavy atom. The van der Waals surface area contributed by atoms with Crippen LogP contribution in [0.5, 0.6) is 0 Å². The summed E-state index contributed by atoms with van der Waals surface area (Å²) in [6.45, 7) is 14.1. The molecular formula is C16H29NO. The fourth-order valence-electron chi connectivity index (χ4n) is 3.78. The van der Waals surface area contributed by atoms with E-state index in [9.17, 15) is 4.79 Å². The third-order valence-corrected chi connectivity index (χ3v) is 4.76. The lowest BCUT2D eigenvalue weighted by Crippen LogP contribution is -2.52. The van der Waals surface area contributed by atoms with E-state index >= 15 is 0 Å². The van der Waals surface area contributed by atoms with Crippen LogP contribution in [0.25, 0.3) is 0 Å². The minimum Gasteiger partial charge on any atom is -0.297 e. The van der Waals surface area contributed by atoms with Crippen molar-refractivity contribution in [2.45, 2.75) is 72.4 Å². The highest BCUT2D eigenvalue weighted by Gasteiger charge is 2.52. The molecule has 1 saturated heterocycles. The number of likely N-dealkylation sites (tertiary alicyclic amines) is 1. The number of Topliss-reactive ketones (excluding diaryl/α,β-unsaturated/α-hetero) is 1. The third-order valence-electron chi connectivity index (χ3n) is 4.76. The van der Waals surface area contributed by atoms with Gasteiger partial charge in [-0.3, -0.25) is 9.69 Å². The lowest BCUT2D eigenvalue weighted by atomic mass is 9.79. The number of hydrogen-bond donors (Lipinski definition) is 0. The van der Waals surface area contributed by atoms with Gasteiger partial charge in [-0.25, -0.2) is 0 Å². The normalized spacial score (nSPS) is 33.8. The van der Waals surface area contributed by atoms with E-state index in [1.54, 1.807) is 0 Å². The van der Waals surface area contributed by atoms with Crippen molar-refractivity contribution < 1.29 is 4.79 Å². The van der Waals surface area contributed by atoms with Gasteiger partial charge < -0.3 is 0 Å². The lowest BCUT2D eigenvalue weighted by molar-refractivity contribution is -0.134. The maximum Gasteiger partial charge on any atom is 0.155 e. The van der Waals surface area contributed by atoms with E-state index in [0.717, 1.165) is 12.5 Å². The fourth-order valence-corrected chi connectivity index (χ4v) is 3.78. The second-order valence-corrected chi connectivity index (χ2v) is 8.24. The van der Waals surface area contributed by atoms with Crippen LogP contribution >= 0.6 is 0 Å². The standard InChI is InChI=1S/C16H29NO/c1-15(2,3)14(18)13-12-9-7-8-11(12)10-17(13)16(4,5)6/h11-13H,7-10H2,1-6H3. The summed E-state index contributed by atoms with van der Waals surface area (Å²) in [7, 11) is 0. The first-order valence-corrected chi connectivity index (χ1v) is 7.43. The fraction of sp³-hybridized carbons (Fsp3) is 0.938. The van der Waals surface area contributed by atoms with Crippen molar-refractivity contribution in [3.05, 3.63) is 0 Å². The maximum atomic E-state index is 12.8. The van der Waals surface area contributed by atoms with Gasteiger partial charge in [-0.1, -0.05) is 27.2 Å². The molecule has 2 heteroatoms. The summed E-state index contributed by atoms with van der Waals surface area (Å²) in [5, 5.41) is 0. The van der Waals surface area contributed by atoms with Gasteiger partial charge in [0.1, 0.15) is 0 Å². The van der Waals surface area contributed by atoms with Crippen LogP contribution in [-0.4, -0.2) is 28.8 Å². The first-order valence-electron chi connectivity index (χ1n) is 7.43. The first kappa shape index (κ1) is 14.0. The molecule has 0 spiro atoms. The monoisotopic (exact) mass is 251 g/mol. The average molecular weight is 251 g/mol. The number of carbonyl (C=O) groups excluding carboxylic acids is 1. The maximum absolute atomic E-state index is 12.8. The molecule has 0 aromatic rings. The highest BCUT2D eigenvalue weighted by Crippen LogP contribution is 2.46. The van der Waals surface area contributed by atoms with Gasteiger partial charge in [0.2, 0.25) is 0 Å². The molecule has 2 fully saturated rings. The Hall–Kier alpha value is -0.370. The quantitative estimate of drug-likeness (QED) is 0.711. The van der Waals surface area contributed by atoms with Gasteiger partial charge in [0.15, 0.2) is 5.78 Å². The largest absolute Gasteiger partial charge is 0.297 e. The number of carbonyl (C=O) groups is 1. The molecule has 2 nitrogen and oxygen atoms in total. The van der Waals surface area contributed by atoms with Crippen molar-refractivity contribution in [1.82, 2.24) is 4.90 Å². The molecule has 0 aromatic carbocycles. The van der Waals surface area contributed by atoms with Crippen molar-refractivity contribution in [3.8, 4) is 0 Å². The predicted octanol–water partition coefficient (Wildman–Crippen LogP) is 3.50. The Morgan fingerprint density at radius 1 is 1.06 bits per heavy atom. The molecule has 0 bridgehead atoms. The molecule has 3 atom stereocenters. The number of nitrogens with zero attached hydrogens (tertiary/aromatic N) is 1. The second-order valence-electron chi connectivity index (χ2n) is 8.24. The van der Waals surface area contributed by atoms with Crippen LogP contribution < -0.4 is 0 Å². The molecule has 0 amide bonds. The first-order chi connectivity index (χ1) is 8.12. The molecule has 1 aliphatic carbocycles. The van der Waals surface area contributed by atoms with Crippen molar-refractivity contribution in [2.24, 2.45) is 17.3 Å². The number of rotatable bonds is 1. The highest BCUT2D eigenvalue weighted by molar-refractivity contribution is 5.89. The van der Waals surface area contributed by atoms with E-state index in [1.807, 2.05) is 0 Å². The summed E-state index contributed by atoms with van der Waals surface area (Å²) in [4.78, 5) is 15.3. The Morgan fingerprint density at radius 3 is 2.17 bits per heavy atom. The SMILES string of the molecule is CC(C)(C)C(=O)C1C2CCCC2CN1C(C)(C)C. The average Bonchev–Trinajstić information content (AvgIpc) is 2.71. The van der Waals surface area contributed by atoms with E-state index < -0.39 is 0 Å². The topological polar surface area (TPSA) is 20.3 Å². The van der Waals surface area contributed by atoms with Gasteiger partial charge in [0.05, 0.1) is 6.04 Å². The zero-order valence-corrected chi connectivity index (χ0v) is 12.9. The minimum absolute atomic E-state index is 0.107. The zero-order valence-electron chi connectivity index (χ0n) is 12.9. The van der Waals surface area contributed by atoms with Crippen LogP contribution in [0.15, 0.2) is 0 Å². The minimum atomic E-state index is -0.217. The van der Waals surface area contributed by atoms with Crippen molar-refractivity contribution >= 4 is 5.78 Å². The summed E-state index contributed by atoms with van der Waals surface area (Å²) in [5.74, 6) is 1.84. The van der Waals surface area contributed by atoms with E-state index in [2.05, 4.69) is 46.4 Å². The van der Waals surface area contributed by atoms with Crippen LogP contribution in [0.3, 0.4) is 0 Å². The van der Waals surface area contributed by atoms with Crippen molar-refractivity contribution in [1.29, 1.82) is 0 Å². The summed E-state index contributed by atoms with van der Waals surface area (Å²) in [6, 6.07) is 0.164. The Labute approximate surface area is 112 Å². The molecule has 18 heavy (non-hydrogen) atoms. The van der Waals surface area contributed by atoms with Gasteiger partial charge in [-0.05, 0) is 45.4 Å². The molecule has 1 heterocycles. The summed E-state index contributed by atoms with van der Waals surface area (Å²) in [6.07, 6.45) is 3.90. The van der Waals surface area contributed by atoms with Crippen LogP contribution in [0, 0.1) is 17.3 Å². The second kappa shape index (κ2) is 4.33. The Bertz CT molecular complexity index is 334. The van der Waals surface area contributed by atoms with E-state index in [1.165, 1.54) is 19.3 Å². The lowest BCUT2D eigenvalue weighted by Gasteiger charge is -2.40. The Balaban J connectivity index is 2.29. The summed E-state index contributed by atoms with van der Waals surface area (Å²) >= 11 is 0. The summed E-state index contributed by atoms with van der Waals surface area (Å²) < 4.78 is 0. The number of ketones is 1. The molecule has 0 N–H and O–H groups in total. The zero-order chi connectivity index (χ0) is 13.7. The molecular weight excluding hydrogens is 222 g/mol. The van der Waals surface area contributed by atoms with E-state index in [4.69, 9.17) is 0 Å². The van der Waals surface area contributed by atoms with Crippen LogP contribution in [0.1, 0.15) is 60.8 Å². The molecule has 1 aliphatic heterocycles. The van der Waals surface area contributed by atoms with Crippen molar-refractivity contribution in [2.75, 3.05) is 6.54 Å². The van der Waals surface area contributed by atoms with Crippen LogP contribution in [-0.2, 0) is 4.79 Å². The highest BCUT2D eigenvalue weighted by atomic mass is 16.1. The van der Waals surface area contributed by atoms with Gasteiger partial charge in [-0.2, -0.15) is 0 Å². The van der Waals surface area contributed by atoms with Gasteiger partial charge >= 0.3 is 0 Å². The van der Waals surface area contributed by atoms with Crippen LogP contribution in [0.4, 0.5) is 0 Å². The van der Waals surface area contributed by atoms with Gasteiger partial charge in [0.25, 0.3) is 0 Å². The number of hydrogen-bond acceptors (Lipinski definition) is 2. The van der Waals surface area contributed by atoms with E-state index in [0.29, 0.717) is 11.7 Å². The van der Waals surface area contributed by atoms with Gasteiger partial charge in [0, 0.05) is 17.5 Å². The summed E-state index contributed by atoms with van der Waals surface area (Å²) in [5.41, 5.74) is -0.110. The predicted molar refractivity (Wildman–Crippen MR) is 75.5 cm³/mol. The smallest absolute Gasteiger partial charge is 0.155 e. The molecule has 2 rings (SSSR count). The molecule has 3 unspecified atom stereocenters. The van der Waals surface area contributed by atoms with Gasteiger partial charge in [-0.15, -0.1) is 0 Å². The molecule has 104 valence electrons. The molecule has 0 aromatic heterocycles. The van der Waals surface area contributed by atoms with Crippen molar-refractivity contribution in [3.63, 3.8) is 0 Å². The third kappa shape index (κ3) is 2.36.